The van der Waals surface area contributed by atoms with Crippen molar-refractivity contribution in [1.82, 2.24) is 24.1 Å². The van der Waals surface area contributed by atoms with E-state index in [0.29, 0.717) is 22.8 Å². The van der Waals surface area contributed by atoms with Crippen LogP contribution in [0.4, 0.5) is 0 Å². The van der Waals surface area contributed by atoms with Gasteiger partial charge >= 0.3 is 5.69 Å². The molecule has 0 spiro atoms. The summed E-state index contributed by atoms with van der Waals surface area (Å²) in [6, 6.07) is 3.31. The van der Waals surface area contributed by atoms with Gasteiger partial charge in [0.05, 0.1) is 39.4 Å². The summed E-state index contributed by atoms with van der Waals surface area (Å²) in [4.78, 5) is 40.9. The lowest BCUT2D eigenvalue weighted by Gasteiger charge is -2.12. The van der Waals surface area contributed by atoms with E-state index < -0.39 is 17.2 Å². The Kier molecular flexibility index (Phi) is 6.09. The summed E-state index contributed by atoms with van der Waals surface area (Å²) in [7, 11) is 7.36. The largest absolute Gasteiger partial charge is 0.496 e. The van der Waals surface area contributed by atoms with Crippen LogP contribution < -0.4 is 30.9 Å². The highest BCUT2D eigenvalue weighted by atomic mass is 16.5. The van der Waals surface area contributed by atoms with Gasteiger partial charge in [-0.05, 0) is 0 Å². The third kappa shape index (κ3) is 3.99. The fourth-order valence-electron chi connectivity index (χ4n) is 3.04. The molecule has 0 bridgehead atoms. The maximum atomic E-state index is 12.4. The molecule has 0 aliphatic carbocycles. The zero-order valence-electron chi connectivity index (χ0n) is 17.7. The first-order chi connectivity index (χ1) is 14.8. The molecule has 2 aromatic heterocycles. The fourth-order valence-corrected chi connectivity index (χ4v) is 3.04. The predicted octanol–water partition coefficient (Wildman–Crippen LogP) is -0.390. The van der Waals surface area contributed by atoms with Crippen LogP contribution in [0.2, 0.25) is 0 Å². The average Bonchev–Trinajstić information content (AvgIpc) is 3.19. The molecule has 0 atom stereocenters. The first-order valence-corrected chi connectivity index (χ1v) is 9.05. The number of nitrogens with zero attached hydrogens (tertiary/aromatic N) is 5. The molecule has 0 aliphatic rings. The Morgan fingerprint density at radius 2 is 1.74 bits per heavy atom. The van der Waals surface area contributed by atoms with Crippen LogP contribution >= 0.6 is 0 Å². The molecular formula is C19H22N6O6. The zero-order valence-corrected chi connectivity index (χ0v) is 17.7. The molecule has 12 heteroatoms. The molecule has 0 saturated carbocycles. The molecule has 3 rings (SSSR count). The molecule has 1 aromatic carbocycles. The van der Waals surface area contributed by atoms with E-state index in [2.05, 4.69) is 15.5 Å². The van der Waals surface area contributed by atoms with Gasteiger partial charge in [0.2, 0.25) is 0 Å². The van der Waals surface area contributed by atoms with Crippen molar-refractivity contribution >= 4 is 23.3 Å². The number of rotatable bonds is 7. The van der Waals surface area contributed by atoms with E-state index in [1.165, 1.54) is 57.1 Å². The lowest BCUT2D eigenvalue weighted by molar-refractivity contribution is -0.121. The molecule has 1 amide bonds. The number of carbonyl (C=O) groups is 1. The number of amides is 1. The summed E-state index contributed by atoms with van der Waals surface area (Å²) in [5.41, 5.74) is 2.18. The van der Waals surface area contributed by atoms with Gasteiger partial charge in [0.1, 0.15) is 23.8 Å². The molecule has 12 nitrogen and oxygen atoms in total. The number of hydrazone groups is 1. The molecule has 0 fully saturated rings. The third-order valence-electron chi connectivity index (χ3n) is 4.67. The van der Waals surface area contributed by atoms with Gasteiger partial charge in [-0.25, -0.2) is 15.2 Å². The van der Waals surface area contributed by atoms with Gasteiger partial charge < -0.3 is 18.8 Å². The summed E-state index contributed by atoms with van der Waals surface area (Å²) in [6.45, 7) is -0.224. The summed E-state index contributed by atoms with van der Waals surface area (Å²) in [5, 5.41) is 3.95. The second kappa shape index (κ2) is 8.73. The number of nitrogens with one attached hydrogen (secondary N) is 1. The standard InChI is InChI=1S/C19H22N6O6/c1-23-17-16(18(27)24(2)19(23)28)25(10-20-17)9-15(26)22-21-8-12-13(30-4)6-11(29-3)7-14(12)31-5/h6-8,10H,9H2,1-5H3,(H,22,26)/b21-8-. The number of hydrogen-bond donors (Lipinski definition) is 1. The lowest BCUT2D eigenvalue weighted by Crippen LogP contribution is -2.38. The first kappa shape index (κ1) is 21.6. The van der Waals surface area contributed by atoms with Crippen LogP contribution in [0.5, 0.6) is 17.2 Å². The SMILES string of the molecule is COc1cc(OC)c(/C=N\NC(=O)Cn2cnc3c2c(=O)n(C)c(=O)n3C)c(OC)c1. The van der Waals surface area contributed by atoms with Crippen molar-refractivity contribution in [2.24, 2.45) is 19.2 Å². The molecule has 164 valence electrons. The highest BCUT2D eigenvalue weighted by molar-refractivity contribution is 5.89. The number of fused-ring (bicyclic) bond motifs is 1. The Morgan fingerprint density at radius 1 is 1.10 bits per heavy atom. The monoisotopic (exact) mass is 430 g/mol. The topological polar surface area (TPSA) is 131 Å². The van der Waals surface area contributed by atoms with Crippen LogP contribution in [0.15, 0.2) is 33.2 Å². The van der Waals surface area contributed by atoms with Crippen molar-refractivity contribution in [3.05, 3.63) is 44.9 Å². The molecule has 0 unspecified atom stereocenters. The molecular weight excluding hydrogens is 408 g/mol. The molecule has 0 saturated heterocycles. The molecule has 0 aliphatic heterocycles. The van der Waals surface area contributed by atoms with E-state index in [-0.39, 0.29) is 17.7 Å². The Hall–Kier alpha value is -4.09. The minimum Gasteiger partial charge on any atom is -0.496 e. The van der Waals surface area contributed by atoms with Crippen LogP contribution in [0.3, 0.4) is 0 Å². The normalized spacial score (nSPS) is 11.1. The van der Waals surface area contributed by atoms with Gasteiger partial charge in [-0.2, -0.15) is 5.10 Å². The van der Waals surface area contributed by atoms with Crippen molar-refractivity contribution in [3.8, 4) is 17.2 Å². The first-order valence-electron chi connectivity index (χ1n) is 9.05. The van der Waals surface area contributed by atoms with E-state index >= 15 is 0 Å². The van der Waals surface area contributed by atoms with Crippen LogP contribution in [-0.4, -0.2) is 52.1 Å². The highest BCUT2D eigenvalue weighted by Gasteiger charge is 2.16. The summed E-state index contributed by atoms with van der Waals surface area (Å²) < 4.78 is 19.4. The van der Waals surface area contributed by atoms with Gasteiger partial charge in [0.15, 0.2) is 11.2 Å². The minimum atomic E-state index is -0.542. The highest BCUT2D eigenvalue weighted by Crippen LogP contribution is 2.32. The van der Waals surface area contributed by atoms with Crippen molar-refractivity contribution in [2.75, 3.05) is 21.3 Å². The Balaban J connectivity index is 1.83. The van der Waals surface area contributed by atoms with E-state index in [0.717, 1.165) is 4.57 Å². The molecule has 1 N–H and O–H groups in total. The summed E-state index contributed by atoms with van der Waals surface area (Å²) >= 11 is 0. The van der Waals surface area contributed by atoms with E-state index in [9.17, 15) is 14.4 Å². The quantitative estimate of drug-likeness (QED) is 0.399. The van der Waals surface area contributed by atoms with Gasteiger partial charge in [-0.1, -0.05) is 0 Å². The van der Waals surface area contributed by atoms with Crippen molar-refractivity contribution in [1.29, 1.82) is 0 Å². The Labute approximate surface area is 176 Å². The maximum absolute atomic E-state index is 12.4. The van der Waals surface area contributed by atoms with E-state index in [1.54, 1.807) is 12.1 Å². The van der Waals surface area contributed by atoms with Crippen LogP contribution in [0.1, 0.15) is 5.56 Å². The number of aromatic nitrogens is 4. The molecule has 31 heavy (non-hydrogen) atoms. The Morgan fingerprint density at radius 3 is 2.32 bits per heavy atom. The Bertz CT molecular complexity index is 1260. The zero-order chi connectivity index (χ0) is 22.7. The third-order valence-corrected chi connectivity index (χ3v) is 4.67. The van der Waals surface area contributed by atoms with Crippen LogP contribution in [0.25, 0.3) is 11.2 Å². The van der Waals surface area contributed by atoms with Crippen LogP contribution in [-0.2, 0) is 25.4 Å². The van der Waals surface area contributed by atoms with Gasteiger partial charge in [0, 0.05) is 26.2 Å². The number of hydrogen-bond acceptors (Lipinski definition) is 8. The van der Waals surface area contributed by atoms with Gasteiger partial charge in [-0.15, -0.1) is 0 Å². The maximum Gasteiger partial charge on any atom is 0.332 e. The number of methoxy groups -OCH3 is 3. The number of imidazole rings is 1. The lowest BCUT2D eigenvalue weighted by atomic mass is 10.2. The second-order valence-corrected chi connectivity index (χ2v) is 6.49. The summed E-state index contributed by atoms with van der Waals surface area (Å²) in [6.07, 6.45) is 2.70. The fraction of sp³-hybridized carbons (Fsp3) is 0.316. The van der Waals surface area contributed by atoms with Gasteiger partial charge in [-0.3, -0.25) is 18.7 Å². The smallest absolute Gasteiger partial charge is 0.332 e. The number of aryl methyl sites for hydroxylation is 1. The van der Waals surface area contributed by atoms with E-state index in [1.807, 2.05) is 0 Å². The number of benzene rings is 1. The van der Waals surface area contributed by atoms with Gasteiger partial charge in [0.25, 0.3) is 11.5 Å². The minimum absolute atomic E-state index is 0.141. The van der Waals surface area contributed by atoms with Crippen molar-refractivity contribution in [3.63, 3.8) is 0 Å². The number of ether oxygens (including phenoxy) is 3. The summed E-state index contributed by atoms with van der Waals surface area (Å²) in [5.74, 6) is 0.925. The van der Waals surface area contributed by atoms with Crippen LogP contribution in [0, 0.1) is 0 Å². The van der Waals surface area contributed by atoms with E-state index in [4.69, 9.17) is 14.2 Å². The molecule has 3 aromatic rings. The second-order valence-electron chi connectivity index (χ2n) is 6.49. The van der Waals surface area contributed by atoms with Crippen molar-refractivity contribution < 1.29 is 19.0 Å². The molecule has 2 heterocycles. The van der Waals surface area contributed by atoms with Crippen molar-refractivity contribution in [2.45, 2.75) is 6.54 Å². The molecule has 0 radical (unpaired) electrons. The average molecular weight is 430 g/mol. The number of carbonyl (C=O) groups excluding carboxylic acids is 1. The predicted molar refractivity (Wildman–Crippen MR) is 112 cm³/mol.